The number of rotatable bonds is 69. The van der Waals surface area contributed by atoms with Gasteiger partial charge in [0.2, 0.25) is 0 Å². The highest BCUT2D eigenvalue weighted by Crippen LogP contribution is 2.34. The van der Waals surface area contributed by atoms with Gasteiger partial charge in [0.05, 0.1) is 39.1 Å². The molecule has 101 heavy (non-hydrogen) atoms. The maximum Gasteiger partial charge on any atom is 0.306 e. The van der Waals surface area contributed by atoms with Crippen LogP contribution in [-0.4, -0.2) is 61.8 Å². The van der Waals surface area contributed by atoms with Crippen molar-refractivity contribution in [1.29, 1.82) is 0 Å². The Hall–Kier alpha value is -4.38. The third-order valence-electron chi connectivity index (χ3n) is 20.9. The number of carbonyl (C=O) groups is 2. The van der Waals surface area contributed by atoms with Crippen molar-refractivity contribution in [2.45, 2.75) is 411 Å². The van der Waals surface area contributed by atoms with Crippen molar-refractivity contribution in [2.75, 3.05) is 13.2 Å². The van der Waals surface area contributed by atoms with E-state index >= 15 is 0 Å². The van der Waals surface area contributed by atoms with Crippen LogP contribution in [0, 0.1) is 0 Å². The minimum atomic E-state index is -0.665. The first-order valence-electron chi connectivity index (χ1n) is 42.6. The fraction of sp³-hybridized carbons (Fsp3) is 0.717. The third kappa shape index (κ3) is 46.2. The first-order chi connectivity index (χ1) is 50.0. The zero-order valence-electron chi connectivity index (χ0n) is 64.7. The predicted molar refractivity (Wildman–Crippen MR) is 422 cm³/mol. The van der Waals surface area contributed by atoms with Crippen LogP contribution in [0.25, 0.3) is 0 Å². The van der Waals surface area contributed by atoms with Gasteiger partial charge in [-0.2, -0.15) is 0 Å². The van der Waals surface area contributed by atoms with Crippen molar-refractivity contribution in [3.8, 4) is 0 Å². The summed E-state index contributed by atoms with van der Waals surface area (Å²) in [5.41, 5.74) is 4.16. The zero-order chi connectivity index (χ0) is 71.0. The van der Waals surface area contributed by atoms with E-state index in [0.29, 0.717) is 52.1 Å². The molecule has 1 aliphatic rings. The molecular formula is C92H148O9. The number of hydrogen-bond donors (Lipinski definition) is 0. The van der Waals surface area contributed by atoms with Gasteiger partial charge < -0.3 is 33.2 Å². The smallest absolute Gasteiger partial charge is 0.306 e. The Kier molecular flexibility index (Phi) is 54.4. The van der Waals surface area contributed by atoms with Crippen LogP contribution in [-0.2, 0) is 69.2 Å². The number of ether oxygens (including phenoxy) is 7. The second-order valence-electron chi connectivity index (χ2n) is 30.1. The van der Waals surface area contributed by atoms with Crippen LogP contribution in [0.4, 0.5) is 0 Å². The molecule has 0 saturated carbocycles. The largest absolute Gasteiger partial charge is 0.462 e. The van der Waals surface area contributed by atoms with Gasteiger partial charge in [-0.3, -0.25) is 9.59 Å². The van der Waals surface area contributed by atoms with Crippen molar-refractivity contribution in [3.63, 3.8) is 0 Å². The SMILES string of the molecule is CCCCCCCCCCCCCCCCCCCCCCCCCCC(=O)OC[C@H](CC[C@@H]1O[C@H](COCc2ccccc2)[C@@H](OCc2ccccc2)[C@H](OCc2ccccc2)[C@H]1OCc1ccccc1)OC(=O)CCCCCCCCCCCCCCCCCCCCCCCCCC. The first kappa shape index (κ1) is 87.3. The molecule has 1 heterocycles. The minimum Gasteiger partial charge on any atom is -0.462 e. The molecule has 6 atom stereocenters. The van der Waals surface area contributed by atoms with Crippen LogP contribution in [0.5, 0.6) is 0 Å². The highest BCUT2D eigenvalue weighted by Gasteiger charge is 2.48. The van der Waals surface area contributed by atoms with E-state index in [1.807, 2.05) is 72.8 Å². The van der Waals surface area contributed by atoms with Crippen molar-refractivity contribution in [1.82, 2.24) is 0 Å². The van der Waals surface area contributed by atoms with E-state index in [1.165, 1.54) is 270 Å². The first-order valence-corrected chi connectivity index (χ1v) is 42.6. The molecule has 0 N–H and O–H groups in total. The van der Waals surface area contributed by atoms with Gasteiger partial charge in [0.25, 0.3) is 0 Å². The summed E-state index contributed by atoms with van der Waals surface area (Å²) in [6.07, 6.45) is 62.1. The molecular weight excluding hydrogens is 1250 g/mol. The maximum atomic E-state index is 13.9. The normalized spacial score (nSPS) is 16.4. The molecule has 9 nitrogen and oxygen atoms in total. The Bertz CT molecular complexity index is 2440. The maximum absolute atomic E-state index is 13.9. The lowest BCUT2D eigenvalue weighted by atomic mass is 9.91. The van der Waals surface area contributed by atoms with Crippen LogP contribution in [0.2, 0.25) is 0 Å². The van der Waals surface area contributed by atoms with E-state index in [-0.39, 0.29) is 25.2 Å². The molecule has 0 amide bonds. The van der Waals surface area contributed by atoms with E-state index < -0.39 is 36.6 Å². The zero-order valence-corrected chi connectivity index (χ0v) is 64.7. The molecule has 570 valence electrons. The molecule has 4 aromatic carbocycles. The Morgan fingerprint density at radius 2 is 0.584 bits per heavy atom. The molecule has 1 saturated heterocycles. The van der Waals surface area contributed by atoms with Gasteiger partial charge in [0, 0.05) is 12.8 Å². The molecule has 0 unspecified atom stereocenters. The molecule has 9 heteroatoms. The molecule has 4 aromatic rings. The van der Waals surface area contributed by atoms with Gasteiger partial charge in [0.15, 0.2) is 0 Å². The van der Waals surface area contributed by atoms with Gasteiger partial charge in [-0.05, 0) is 47.9 Å². The summed E-state index contributed by atoms with van der Waals surface area (Å²) >= 11 is 0. The molecule has 0 bridgehead atoms. The van der Waals surface area contributed by atoms with E-state index in [2.05, 4.69) is 62.4 Å². The molecule has 0 radical (unpaired) electrons. The molecule has 0 aromatic heterocycles. The predicted octanol–water partition coefficient (Wildman–Crippen LogP) is 26.5. The van der Waals surface area contributed by atoms with E-state index in [1.54, 1.807) is 0 Å². The van der Waals surface area contributed by atoms with Gasteiger partial charge in [0.1, 0.15) is 37.1 Å². The highest BCUT2D eigenvalue weighted by molar-refractivity contribution is 5.70. The molecule has 1 fully saturated rings. The van der Waals surface area contributed by atoms with Crippen LogP contribution in [0.1, 0.15) is 370 Å². The average molecular weight is 1400 g/mol. The van der Waals surface area contributed by atoms with E-state index in [4.69, 9.17) is 33.2 Å². The molecule has 5 rings (SSSR count). The van der Waals surface area contributed by atoms with Crippen molar-refractivity contribution >= 4 is 11.9 Å². The number of esters is 2. The van der Waals surface area contributed by atoms with E-state index in [0.717, 1.165) is 60.8 Å². The second kappa shape index (κ2) is 62.9. The average Bonchev–Trinajstić information content (AvgIpc) is 0.789. The van der Waals surface area contributed by atoms with Crippen molar-refractivity contribution in [3.05, 3.63) is 144 Å². The Morgan fingerprint density at radius 3 is 0.901 bits per heavy atom. The lowest BCUT2D eigenvalue weighted by Crippen LogP contribution is -2.61. The summed E-state index contributed by atoms with van der Waals surface area (Å²) in [4.78, 5) is 27.5. The van der Waals surface area contributed by atoms with Gasteiger partial charge >= 0.3 is 11.9 Å². The molecule has 0 aliphatic carbocycles. The quantitative estimate of drug-likeness (QED) is 0.0316. The van der Waals surface area contributed by atoms with Crippen LogP contribution in [0.15, 0.2) is 121 Å². The fourth-order valence-electron chi connectivity index (χ4n) is 14.6. The Labute approximate surface area is 619 Å². The third-order valence-corrected chi connectivity index (χ3v) is 20.9. The van der Waals surface area contributed by atoms with Crippen molar-refractivity contribution < 1.29 is 42.7 Å². The van der Waals surface area contributed by atoms with Crippen LogP contribution < -0.4 is 0 Å². The summed E-state index contributed by atoms with van der Waals surface area (Å²) in [5, 5.41) is 0. The summed E-state index contributed by atoms with van der Waals surface area (Å²) in [6, 6.07) is 40.8. The Balaban J connectivity index is 1.09. The van der Waals surface area contributed by atoms with Crippen molar-refractivity contribution in [2.24, 2.45) is 0 Å². The fourth-order valence-corrected chi connectivity index (χ4v) is 14.6. The van der Waals surface area contributed by atoms with Crippen LogP contribution in [0.3, 0.4) is 0 Å². The van der Waals surface area contributed by atoms with Crippen LogP contribution >= 0.6 is 0 Å². The van der Waals surface area contributed by atoms with E-state index in [9.17, 15) is 9.59 Å². The standard InChI is InChI=1S/C92H148O9/c1-3-5-7-9-11-13-15-17-19-21-23-25-27-29-31-33-35-37-39-41-43-45-47-61-71-88(93)96-79-85(100-89(94)72-62-48-46-44-42-40-38-36-34-32-30-28-26-24-22-20-18-16-14-12-10-8-6-4-2)73-74-86-90(97-76-82-65-55-50-56-66-82)92(99-78-84-69-59-52-60-70-84)91(98-77-83-67-57-51-58-68-83)87(101-86)80-95-75-81-63-53-49-54-64-81/h49-60,63-70,85-87,90-92H,3-48,61-62,71-80H2,1-2H3/t85-,86-,87+,90-,91+,92+/m0/s1. The minimum absolute atomic E-state index is 0.00790. The second-order valence-corrected chi connectivity index (χ2v) is 30.1. The summed E-state index contributed by atoms with van der Waals surface area (Å²) in [7, 11) is 0. The van der Waals surface area contributed by atoms with Gasteiger partial charge in [-0.1, -0.05) is 431 Å². The summed E-state index contributed by atoms with van der Waals surface area (Å²) < 4.78 is 47.2. The number of hydrogen-bond acceptors (Lipinski definition) is 9. The topological polar surface area (TPSA) is 98.8 Å². The van der Waals surface area contributed by atoms with Gasteiger partial charge in [-0.25, -0.2) is 0 Å². The summed E-state index contributed by atoms with van der Waals surface area (Å²) in [5.74, 6) is -0.488. The number of unbranched alkanes of at least 4 members (excludes halogenated alkanes) is 46. The lowest BCUT2D eigenvalue weighted by molar-refractivity contribution is -0.274. The Morgan fingerprint density at radius 1 is 0.317 bits per heavy atom. The number of benzene rings is 4. The summed E-state index contributed by atoms with van der Waals surface area (Å²) in [6.45, 7) is 6.24. The monoisotopic (exact) mass is 1400 g/mol. The lowest BCUT2D eigenvalue weighted by Gasteiger charge is -2.46. The molecule has 0 spiro atoms. The van der Waals surface area contributed by atoms with Gasteiger partial charge in [-0.15, -0.1) is 0 Å². The molecule has 1 aliphatic heterocycles. The highest BCUT2D eigenvalue weighted by atomic mass is 16.6. The number of carbonyl (C=O) groups excluding carboxylic acids is 2.